The first kappa shape index (κ1) is 24.3. The zero-order chi connectivity index (χ0) is 22.4. The molecule has 2 aliphatic rings. The Morgan fingerprint density at radius 3 is 2.37 bits per heavy atom. The van der Waals surface area contributed by atoms with E-state index in [4.69, 9.17) is 4.74 Å². The van der Waals surface area contributed by atoms with Gasteiger partial charge < -0.3 is 25.2 Å². The molecule has 0 bridgehead atoms. The van der Waals surface area contributed by atoms with Crippen molar-refractivity contribution < 1.29 is 14.3 Å². The summed E-state index contributed by atoms with van der Waals surface area (Å²) in [6, 6.07) is 0.0657. The molecule has 1 heterocycles. The molecule has 2 N–H and O–H groups in total. The van der Waals surface area contributed by atoms with Gasteiger partial charge in [0, 0.05) is 40.8 Å². The lowest BCUT2D eigenvalue weighted by Crippen LogP contribution is -2.53. The zero-order valence-electron chi connectivity index (χ0n) is 19.7. The van der Waals surface area contributed by atoms with Crippen LogP contribution in [-0.2, 0) is 9.53 Å². The number of carbonyl (C=O) groups excluding carboxylic acids is 2. The molecule has 1 unspecified atom stereocenters. The molecule has 1 saturated heterocycles. The molecular weight excluding hydrogens is 382 g/mol. The monoisotopic (exact) mass is 423 g/mol. The predicted molar refractivity (Wildman–Crippen MR) is 120 cm³/mol. The number of aliphatic imine (C=N–C) groups is 1. The summed E-state index contributed by atoms with van der Waals surface area (Å²) in [5.74, 6) is 0.855. The summed E-state index contributed by atoms with van der Waals surface area (Å²) < 4.78 is 5.59. The first-order valence-corrected chi connectivity index (χ1v) is 11.2. The van der Waals surface area contributed by atoms with Crippen LogP contribution in [-0.4, -0.2) is 80.2 Å². The Labute approximate surface area is 181 Å². The minimum atomic E-state index is -0.501. The van der Waals surface area contributed by atoms with Gasteiger partial charge in [0.15, 0.2) is 5.96 Å². The summed E-state index contributed by atoms with van der Waals surface area (Å²) in [6.45, 7) is 7.57. The van der Waals surface area contributed by atoms with E-state index >= 15 is 0 Å². The van der Waals surface area contributed by atoms with Gasteiger partial charge in [0.2, 0.25) is 5.91 Å². The molecule has 2 amide bonds. The van der Waals surface area contributed by atoms with Gasteiger partial charge in [0.25, 0.3) is 0 Å². The van der Waals surface area contributed by atoms with Crippen molar-refractivity contribution in [2.24, 2.45) is 10.4 Å². The summed E-state index contributed by atoms with van der Waals surface area (Å²) >= 11 is 0. The van der Waals surface area contributed by atoms with Crippen molar-refractivity contribution in [1.82, 2.24) is 20.4 Å². The largest absolute Gasteiger partial charge is 0.444 e. The first-order valence-electron chi connectivity index (χ1n) is 11.2. The van der Waals surface area contributed by atoms with Crippen molar-refractivity contribution in [1.29, 1.82) is 0 Å². The molecule has 0 spiro atoms. The van der Waals surface area contributed by atoms with Crippen LogP contribution in [0.25, 0.3) is 0 Å². The number of ether oxygens (including phenoxy) is 1. The summed E-state index contributed by atoms with van der Waals surface area (Å²) in [5, 5.41) is 6.73. The van der Waals surface area contributed by atoms with Crippen molar-refractivity contribution in [3.05, 3.63) is 0 Å². The van der Waals surface area contributed by atoms with E-state index < -0.39 is 5.60 Å². The molecule has 8 heteroatoms. The molecule has 2 rings (SSSR count). The Balaban J connectivity index is 1.93. The van der Waals surface area contributed by atoms with E-state index in [-0.39, 0.29) is 23.5 Å². The number of nitrogens with zero attached hydrogens (tertiary/aromatic N) is 3. The fourth-order valence-corrected chi connectivity index (χ4v) is 4.45. The normalized spacial score (nSPS) is 21.9. The molecule has 30 heavy (non-hydrogen) atoms. The van der Waals surface area contributed by atoms with Gasteiger partial charge in [0.1, 0.15) is 5.60 Å². The molecular formula is C22H41N5O3. The molecule has 172 valence electrons. The topological polar surface area (TPSA) is 86.3 Å². The highest BCUT2D eigenvalue weighted by Crippen LogP contribution is 2.38. The third-order valence-electron chi connectivity index (χ3n) is 6.00. The SMILES string of the molecule is CN=C(NCC1CCCCN1C(=O)OC(C)(C)C)NCC1(C(=O)N(C)C)CCCC1. The second-order valence-corrected chi connectivity index (χ2v) is 9.82. The number of likely N-dealkylation sites (tertiary alicyclic amines) is 1. The van der Waals surface area contributed by atoms with Crippen molar-refractivity contribution in [3.63, 3.8) is 0 Å². The lowest BCUT2D eigenvalue weighted by atomic mass is 9.84. The number of guanidine groups is 1. The molecule has 0 radical (unpaired) electrons. The maximum Gasteiger partial charge on any atom is 0.410 e. The van der Waals surface area contributed by atoms with Crippen LogP contribution in [0.2, 0.25) is 0 Å². The van der Waals surface area contributed by atoms with Crippen LogP contribution in [0, 0.1) is 5.41 Å². The fourth-order valence-electron chi connectivity index (χ4n) is 4.45. The molecule has 1 atom stereocenters. The Hall–Kier alpha value is -1.99. The number of amides is 2. The van der Waals surface area contributed by atoms with Crippen LogP contribution in [0.15, 0.2) is 4.99 Å². The van der Waals surface area contributed by atoms with Gasteiger partial charge in [-0.15, -0.1) is 0 Å². The summed E-state index contributed by atoms with van der Waals surface area (Å²) in [6.07, 6.45) is 6.76. The molecule has 0 aromatic carbocycles. The number of nitrogens with one attached hydrogen (secondary N) is 2. The first-order chi connectivity index (χ1) is 14.1. The fraction of sp³-hybridized carbons (Fsp3) is 0.864. The van der Waals surface area contributed by atoms with Crippen molar-refractivity contribution in [3.8, 4) is 0 Å². The molecule has 1 aliphatic heterocycles. The molecule has 1 aliphatic carbocycles. The van der Waals surface area contributed by atoms with Crippen molar-refractivity contribution in [2.45, 2.75) is 77.4 Å². The number of hydrogen-bond donors (Lipinski definition) is 2. The zero-order valence-corrected chi connectivity index (χ0v) is 19.7. The lowest BCUT2D eigenvalue weighted by molar-refractivity contribution is -0.138. The Kier molecular flexibility index (Phi) is 8.38. The van der Waals surface area contributed by atoms with E-state index in [9.17, 15) is 9.59 Å². The molecule has 8 nitrogen and oxygen atoms in total. The van der Waals surface area contributed by atoms with Gasteiger partial charge in [0.05, 0.1) is 11.5 Å². The number of rotatable bonds is 5. The molecule has 0 aromatic rings. The van der Waals surface area contributed by atoms with Gasteiger partial charge in [-0.2, -0.15) is 0 Å². The Morgan fingerprint density at radius 2 is 1.80 bits per heavy atom. The minimum absolute atomic E-state index is 0.0657. The van der Waals surface area contributed by atoms with Crippen molar-refractivity contribution >= 4 is 18.0 Å². The summed E-state index contributed by atoms with van der Waals surface area (Å²) in [7, 11) is 5.38. The van der Waals surface area contributed by atoms with Gasteiger partial charge in [-0.25, -0.2) is 4.79 Å². The minimum Gasteiger partial charge on any atom is -0.444 e. The van der Waals surface area contributed by atoms with Crippen LogP contribution in [0.1, 0.15) is 65.7 Å². The highest BCUT2D eigenvalue weighted by atomic mass is 16.6. The molecule has 0 aromatic heterocycles. The third-order valence-corrected chi connectivity index (χ3v) is 6.00. The second kappa shape index (κ2) is 10.4. The quantitative estimate of drug-likeness (QED) is 0.524. The number of hydrogen-bond acceptors (Lipinski definition) is 4. The predicted octanol–water partition coefficient (Wildman–Crippen LogP) is 2.59. The van der Waals surface area contributed by atoms with Crippen LogP contribution < -0.4 is 10.6 Å². The Morgan fingerprint density at radius 1 is 1.13 bits per heavy atom. The molecule has 2 fully saturated rings. The van der Waals surface area contributed by atoms with E-state index in [0.29, 0.717) is 25.6 Å². The smallest absolute Gasteiger partial charge is 0.410 e. The molecule has 1 saturated carbocycles. The standard InChI is InChI=1S/C22H41N5O3/c1-21(2,3)30-20(29)27-14-10-7-11-17(27)15-24-19(23-4)25-16-22(12-8-9-13-22)18(28)26(5)6/h17H,7-16H2,1-6H3,(H2,23,24,25). The van der Waals surface area contributed by atoms with Gasteiger partial charge in [-0.05, 0) is 52.9 Å². The second-order valence-electron chi connectivity index (χ2n) is 9.82. The Bertz CT molecular complexity index is 621. The van der Waals surface area contributed by atoms with E-state index in [0.717, 1.165) is 44.9 Å². The van der Waals surface area contributed by atoms with Gasteiger partial charge in [-0.3, -0.25) is 9.79 Å². The highest BCUT2D eigenvalue weighted by molar-refractivity contribution is 5.85. The summed E-state index contributed by atoms with van der Waals surface area (Å²) in [4.78, 5) is 33.2. The maximum absolute atomic E-state index is 12.8. The lowest BCUT2D eigenvalue weighted by Gasteiger charge is -2.37. The van der Waals surface area contributed by atoms with E-state index in [1.807, 2.05) is 39.8 Å². The van der Waals surface area contributed by atoms with Crippen LogP contribution >= 0.6 is 0 Å². The average Bonchev–Trinajstić information content (AvgIpc) is 3.16. The van der Waals surface area contributed by atoms with Gasteiger partial charge in [-0.1, -0.05) is 12.8 Å². The number of piperidine rings is 1. The maximum atomic E-state index is 12.8. The average molecular weight is 424 g/mol. The van der Waals surface area contributed by atoms with E-state index in [1.54, 1.807) is 11.9 Å². The van der Waals surface area contributed by atoms with Crippen LogP contribution in [0.5, 0.6) is 0 Å². The third kappa shape index (κ3) is 6.51. The summed E-state index contributed by atoms with van der Waals surface area (Å²) in [5.41, 5.74) is -0.854. The van der Waals surface area contributed by atoms with E-state index in [1.165, 1.54) is 0 Å². The van der Waals surface area contributed by atoms with Crippen molar-refractivity contribution in [2.75, 3.05) is 40.8 Å². The van der Waals surface area contributed by atoms with E-state index in [2.05, 4.69) is 15.6 Å². The highest BCUT2D eigenvalue weighted by Gasteiger charge is 2.42. The van der Waals surface area contributed by atoms with Gasteiger partial charge >= 0.3 is 6.09 Å². The van der Waals surface area contributed by atoms with Crippen LogP contribution in [0.4, 0.5) is 4.79 Å². The number of carbonyl (C=O) groups is 2. The van der Waals surface area contributed by atoms with Crippen LogP contribution in [0.3, 0.4) is 0 Å².